The third kappa shape index (κ3) is 3.62. The van der Waals surface area contributed by atoms with Crippen molar-refractivity contribution in [2.75, 3.05) is 13.1 Å². The molecule has 0 spiro atoms. The molecule has 1 aromatic rings. The number of likely N-dealkylation sites (tertiary alicyclic amines) is 1. The van der Waals surface area contributed by atoms with Gasteiger partial charge in [0.1, 0.15) is 0 Å². The standard InChI is InChI=1S/C14H19N3O.2ClH/c1-10-2-3-11(8-15-10)14(18)17-7-6-12-4-5-13(9-17)16-12;;/h2-3,8,12-13,16H,4-7,9H2,1H3;2*1H. The Labute approximate surface area is 132 Å². The third-order valence-corrected chi connectivity index (χ3v) is 3.97. The molecule has 20 heavy (non-hydrogen) atoms. The fourth-order valence-corrected chi connectivity index (χ4v) is 2.90. The minimum Gasteiger partial charge on any atom is -0.337 e. The lowest BCUT2D eigenvalue weighted by atomic mass is 10.1. The fraction of sp³-hybridized carbons (Fsp3) is 0.571. The van der Waals surface area contributed by atoms with Crippen LogP contribution in [0, 0.1) is 6.92 Å². The molecule has 6 heteroatoms. The van der Waals surface area contributed by atoms with E-state index in [0.29, 0.717) is 17.6 Å². The zero-order valence-corrected chi connectivity index (χ0v) is 13.2. The quantitative estimate of drug-likeness (QED) is 0.863. The molecule has 2 fully saturated rings. The smallest absolute Gasteiger partial charge is 0.255 e. The summed E-state index contributed by atoms with van der Waals surface area (Å²) in [7, 11) is 0. The highest BCUT2D eigenvalue weighted by molar-refractivity contribution is 5.94. The second-order valence-corrected chi connectivity index (χ2v) is 5.37. The summed E-state index contributed by atoms with van der Waals surface area (Å²) in [5, 5.41) is 3.59. The summed E-state index contributed by atoms with van der Waals surface area (Å²) in [4.78, 5) is 18.6. The lowest BCUT2D eigenvalue weighted by molar-refractivity contribution is 0.0747. The lowest BCUT2D eigenvalue weighted by Gasteiger charge is -2.24. The van der Waals surface area contributed by atoms with Gasteiger partial charge in [-0.3, -0.25) is 9.78 Å². The number of nitrogens with one attached hydrogen (secondary N) is 1. The van der Waals surface area contributed by atoms with E-state index in [2.05, 4.69) is 10.3 Å². The molecule has 0 aromatic carbocycles. The minimum atomic E-state index is 0. The molecule has 2 atom stereocenters. The van der Waals surface area contributed by atoms with Gasteiger partial charge in [-0.1, -0.05) is 0 Å². The van der Waals surface area contributed by atoms with Gasteiger partial charge in [0.2, 0.25) is 0 Å². The molecule has 0 aliphatic carbocycles. The molecule has 2 aliphatic rings. The Morgan fingerprint density at radius 3 is 2.70 bits per heavy atom. The molecule has 0 saturated carbocycles. The van der Waals surface area contributed by atoms with Gasteiger partial charge in [-0.2, -0.15) is 0 Å². The molecule has 2 bridgehead atoms. The maximum absolute atomic E-state index is 12.4. The number of hydrogen-bond donors (Lipinski definition) is 1. The van der Waals surface area contributed by atoms with Crippen LogP contribution in [-0.4, -0.2) is 41.0 Å². The van der Waals surface area contributed by atoms with Crippen molar-refractivity contribution in [1.82, 2.24) is 15.2 Å². The molecule has 2 unspecified atom stereocenters. The SMILES string of the molecule is Cc1ccc(C(=O)N2CCC3CCC(C2)N3)cn1.Cl.Cl. The molecule has 1 aromatic heterocycles. The number of carbonyl (C=O) groups excluding carboxylic acids is 1. The Hall–Kier alpha value is -0.840. The van der Waals surface area contributed by atoms with E-state index in [0.717, 1.165) is 25.2 Å². The summed E-state index contributed by atoms with van der Waals surface area (Å²) in [6.07, 6.45) is 5.22. The van der Waals surface area contributed by atoms with E-state index in [1.807, 2.05) is 24.0 Å². The highest BCUT2D eigenvalue weighted by atomic mass is 35.5. The fourth-order valence-electron chi connectivity index (χ4n) is 2.90. The van der Waals surface area contributed by atoms with Crippen molar-refractivity contribution < 1.29 is 4.79 Å². The number of rotatable bonds is 1. The summed E-state index contributed by atoms with van der Waals surface area (Å²) in [5.41, 5.74) is 1.65. The van der Waals surface area contributed by atoms with Crippen LogP contribution in [0.4, 0.5) is 0 Å². The average molecular weight is 318 g/mol. The third-order valence-electron chi connectivity index (χ3n) is 3.97. The van der Waals surface area contributed by atoms with Crippen molar-refractivity contribution in [1.29, 1.82) is 0 Å². The van der Waals surface area contributed by atoms with Crippen LogP contribution >= 0.6 is 24.8 Å². The normalized spacial score (nSPS) is 24.4. The first-order chi connectivity index (χ1) is 8.72. The maximum Gasteiger partial charge on any atom is 0.255 e. The van der Waals surface area contributed by atoms with E-state index in [1.54, 1.807) is 6.20 Å². The second kappa shape index (κ2) is 7.25. The zero-order valence-electron chi connectivity index (χ0n) is 11.5. The van der Waals surface area contributed by atoms with Crippen molar-refractivity contribution in [3.8, 4) is 0 Å². The van der Waals surface area contributed by atoms with Crippen LogP contribution in [0.2, 0.25) is 0 Å². The first-order valence-electron chi connectivity index (χ1n) is 6.70. The molecule has 112 valence electrons. The number of aromatic nitrogens is 1. The molecule has 0 radical (unpaired) electrons. The van der Waals surface area contributed by atoms with Gasteiger partial charge in [0, 0.05) is 37.1 Å². The number of nitrogens with zero attached hydrogens (tertiary/aromatic N) is 2. The number of amides is 1. The molecule has 2 saturated heterocycles. The Kier molecular flexibility index (Phi) is 6.24. The van der Waals surface area contributed by atoms with Gasteiger partial charge in [0.25, 0.3) is 5.91 Å². The first kappa shape index (κ1) is 17.2. The summed E-state index contributed by atoms with van der Waals surface area (Å²) in [6.45, 7) is 3.63. The van der Waals surface area contributed by atoms with Gasteiger partial charge in [-0.05, 0) is 38.3 Å². The molecule has 3 rings (SSSR count). The largest absolute Gasteiger partial charge is 0.337 e. The van der Waals surface area contributed by atoms with E-state index in [1.165, 1.54) is 12.8 Å². The van der Waals surface area contributed by atoms with Crippen LogP contribution in [0.25, 0.3) is 0 Å². The second-order valence-electron chi connectivity index (χ2n) is 5.37. The number of pyridine rings is 1. The predicted octanol–water partition coefficient (Wildman–Crippen LogP) is 2.20. The van der Waals surface area contributed by atoms with E-state index in [9.17, 15) is 4.79 Å². The van der Waals surface area contributed by atoms with Crippen molar-refractivity contribution >= 4 is 30.7 Å². The number of aryl methyl sites for hydroxylation is 1. The van der Waals surface area contributed by atoms with Crippen LogP contribution in [-0.2, 0) is 0 Å². The Morgan fingerprint density at radius 2 is 2.00 bits per heavy atom. The van der Waals surface area contributed by atoms with E-state index >= 15 is 0 Å². The van der Waals surface area contributed by atoms with Crippen molar-refractivity contribution in [2.45, 2.75) is 38.3 Å². The van der Waals surface area contributed by atoms with E-state index in [-0.39, 0.29) is 30.7 Å². The Balaban J connectivity index is 0.000001000. The van der Waals surface area contributed by atoms with Gasteiger partial charge in [0.05, 0.1) is 5.56 Å². The molecule has 1 N–H and O–H groups in total. The zero-order chi connectivity index (χ0) is 12.5. The number of halogens is 2. The average Bonchev–Trinajstić information content (AvgIpc) is 2.69. The van der Waals surface area contributed by atoms with E-state index < -0.39 is 0 Å². The van der Waals surface area contributed by atoms with Crippen LogP contribution < -0.4 is 5.32 Å². The van der Waals surface area contributed by atoms with Gasteiger partial charge < -0.3 is 10.2 Å². The van der Waals surface area contributed by atoms with Crippen LogP contribution in [0.1, 0.15) is 35.3 Å². The van der Waals surface area contributed by atoms with Crippen molar-refractivity contribution in [3.63, 3.8) is 0 Å². The summed E-state index contributed by atoms with van der Waals surface area (Å²) >= 11 is 0. The molecule has 3 heterocycles. The minimum absolute atomic E-state index is 0. The maximum atomic E-state index is 12.4. The highest BCUT2D eigenvalue weighted by Gasteiger charge is 2.31. The summed E-state index contributed by atoms with van der Waals surface area (Å²) in [6, 6.07) is 4.88. The monoisotopic (exact) mass is 317 g/mol. The topological polar surface area (TPSA) is 45.2 Å². The van der Waals surface area contributed by atoms with Gasteiger partial charge >= 0.3 is 0 Å². The van der Waals surface area contributed by atoms with Crippen molar-refractivity contribution in [2.24, 2.45) is 0 Å². The number of carbonyl (C=O) groups is 1. The van der Waals surface area contributed by atoms with Gasteiger partial charge in [0.15, 0.2) is 0 Å². The van der Waals surface area contributed by atoms with Crippen LogP contribution in [0.15, 0.2) is 18.3 Å². The van der Waals surface area contributed by atoms with E-state index in [4.69, 9.17) is 0 Å². The number of fused-ring (bicyclic) bond motifs is 2. The summed E-state index contributed by atoms with van der Waals surface area (Å²) < 4.78 is 0. The Morgan fingerprint density at radius 1 is 1.25 bits per heavy atom. The van der Waals surface area contributed by atoms with Crippen LogP contribution in [0.3, 0.4) is 0 Å². The first-order valence-corrected chi connectivity index (χ1v) is 6.70. The van der Waals surface area contributed by atoms with Crippen LogP contribution in [0.5, 0.6) is 0 Å². The molecular formula is C14H21Cl2N3O. The molecule has 4 nitrogen and oxygen atoms in total. The highest BCUT2D eigenvalue weighted by Crippen LogP contribution is 2.21. The van der Waals surface area contributed by atoms with Gasteiger partial charge in [-0.25, -0.2) is 0 Å². The number of hydrogen-bond acceptors (Lipinski definition) is 3. The molecule has 1 amide bonds. The summed E-state index contributed by atoms with van der Waals surface area (Å²) in [5.74, 6) is 0.122. The van der Waals surface area contributed by atoms with Gasteiger partial charge in [-0.15, -0.1) is 24.8 Å². The molecule has 2 aliphatic heterocycles. The molecular weight excluding hydrogens is 297 g/mol. The lowest BCUT2D eigenvalue weighted by Crippen LogP contribution is -2.39. The predicted molar refractivity (Wildman–Crippen MR) is 83.9 cm³/mol. The van der Waals surface area contributed by atoms with Crippen molar-refractivity contribution in [3.05, 3.63) is 29.6 Å². The Bertz CT molecular complexity index is 452.